The van der Waals surface area contributed by atoms with E-state index in [0.717, 1.165) is 35.5 Å². The first-order valence-corrected chi connectivity index (χ1v) is 37.1. The molecule has 0 nitrogen and oxygen atoms in total. The monoisotopic (exact) mass is 1220 g/mol. The van der Waals surface area contributed by atoms with E-state index in [1.807, 2.05) is 32.0 Å². The SMILES string of the molecule is CC.CC(C)C.CC1CC(C)(C)CC(C)(C)C1.CC1CCC(C)(C)CC1.CC1CCCC1.CCC.CCC(C)(C)C.CCC(C)(C)CC.CCC(C)C.CCC(C)CC.CCCC.Cc1cc(C)cc(C)c1.Cc1ccc(C)cc1.Cc1ccccc1. The molecule has 0 heteroatoms. The Morgan fingerprint density at radius 3 is 0.839 bits per heavy atom. The van der Waals surface area contributed by atoms with Crippen molar-refractivity contribution in [3.63, 3.8) is 0 Å². The Morgan fingerprint density at radius 2 is 0.690 bits per heavy atom. The third-order valence-corrected chi connectivity index (χ3v) is 16.2. The van der Waals surface area contributed by atoms with Gasteiger partial charge in [0.1, 0.15) is 0 Å². The summed E-state index contributed by atoms with van der Waals surface area (Å²) in [4.78, 5) is 0. The van der Waals surface area contributed by atoms with E-state index in [-0.39, 0.29) is 0 Å². The molecule has 3 aromatic carbocycles. The molecule has 0 bridgehead atoms. The lowest BCUT2D eigenvalue weighted by Gasteiger charge is -2.44. The molecule has 0 heterocycles. The molecular weight excluding hydrogens is 1040 g/mol. The van der Waals surface area contributed by atoms with Crippen molar-refractivity contribution in [1.29, 1.82) is 0 Å². The fourth-order valence-corrected chi connectivity index (χ4v) is 8.98. The lowest BCUT2D eigenvalue weighted by Crippen LogP contribution is -2.32. The van der Waals surface area contributed by atoms with Crippen LogP contribution >= 0.6 is 0 Å². The highest BCUT2D eigenvalue weighted by atomic mass is 14.4. The topological polar surface area (TPSA) is 0 Å². The summed E-state index contributed by atoms with van der Waals surface area (Å²) in [6.07, 6.45) is 27.7. The van der Waals surface area contributed by atoms with Crippen LogP contribution in [0.15, 0.2) is 72.8 Å². The van der Waals surface area contributed by atoms with Crippen LogP contribution in [0.1, 0.15) is 383 Å². The minimum absolute atomic E-state index is 0.542. The molecule has 0 radical (unpaired) electrons. The van der Waals surface area contributed by atoms with Crippen molar-refractivity contribution >= 4 is 0 Å². The van der Waals surface area contributed by atoms with Crippen molar-refractivity contribution in [2.45, 2.75) is 392 Å². The summed E-state index contributed by atoms with van der Waals surface area (Å²) in [6, 6.07) is 25.3. The lowest BCUT2D eigenvalue weighted by atomic mass is 9.62. The number of hydrogen-bond donors (Lipinski definition) is 0. The number of rotatable bonds is 6. The van der Waals surface area contributed by atoms with Crippen molar-refractivity contribution in [3.05, 3.63) is 106 Å². The second kappa shape index (κ2) is 62.5. The van der Waals surface area contributed by atoms with E-state index >= 15 is 0 Å². The first-order valence-electron chi connectivity index (χ1n) is 37.1. The normalized spacial score (nSPS) is 15.1. The van der Waals surface area contributed by atoms with Gasteiger partial charge in [0.25, 0.3) is 0 Å². The van der Waals surface area contributed by atoms with Crippen molar-refractivity contribution in [2.75, 3.05) is 0 Å². The smallest absolute Gasteiger partial charge is 0.0347 e. The average molecular weight is 1220 g/mol. The maximum absolute atomic E-state index is 2.41. The van der Waals surface area contributed by atoms with E-state index in [4.69, 9.17) is 0 Å². The van der Waals surface area contributed by atoms with Crippen LogP contribution in [0.5, 0.6) is 0 Å². The Morgan fingerprint density at radius 1 is 0.414 bits per heavy atom. The van der Waals surface area contributed by atoms with Gasteiger partial charge in [-0.15, -0.1) is 0 Å². The summed E-state index contributed by atoms with van der Waals surface area (Å²) in [5, 5.41) is 0. The minimum Gasteiger partial charge on any atom is -0.0683 e. The van der Waals surface area contributed by atoms with E-state index in [1.54, 1.807) is 0 Å². The predicted molar refractivity (Wildman–Crippen MR) is 415 cm³/mol. The van der Waals surface area contributed by atoms with Gasteiger partial charge in [0.2, 0.25) is 0 Å². The first-order chi connectivity index (χ1) is 40.0. The second-order valence-electron chi connectivity index (χ2n) is 32.2. The summed E-state index contributed by atoms with van der Waals surface area (Å²) in [5.74, 6) is 5.62. The van der Waals surface area contributed by atoms with Crippen LogP contribution in [0.4, 0.5) is 0 Å². The summed E-state index contributed by atoms with van der Waals surface area (Å²) >= 11 is 0. The quantitative estimate of drug-likeness (QED) is 0.231. The van der Waals surface area contributed by atoms with E-state index in [2.05, 4.69) is 304 Å². The molecule has 3 aromatic rings. The largest absolute Gasteiger partial charge is 0.0683 e. The first kappa shape index (κ1) is 101. The fourth-order valence-electron chi connectivity index (χ4n) is 8.98. The van der Waals surface area contributed by atoms with Gasteiger partial charge in [-0.05, 0) is 136 Å². The average Bonchev–Trinajstić information content (AvgIpc) is 3.98. The van der Waals surface area contributed by atoms with Gasteiger partial charge in [-0.3, -0.25) is 0 Å². The molecule has 6 rings (SSSR count). The molecule has 87 heavy (non-hydrogen) atoms. The summed E-state index contributed by atoms with van der Waals surface area (Å²) in [7, 11) is 0. The Balaban J connectivity index is -0.000000131. The molecule has 0 saturated heterocycles. The summed E-state index contributed by atoms with van der Waals surface area (Å²) in [5.41, 5.74) is 11.0. The van der Waals surface area contributed by atoms with Crippen LogP contribution in [-0.4, -0.2) is 0 Å². The van der Waals surface area contributed by atoms with Gasteiger partial charge in [0.05, 0.1) is 0 Å². The predicted octanol–water partition coefficient (Wildman–Crippen LogP) is 31.9. The van der Waals surface area contributed by atoms with Crippen molar-refractivity contribution in [2.24, 2.45) is 62.6 Å². The molecular formula is C87H172. The van der Waals surface area contributed by atoms with Crippen molar-refractivity contribution in [1.82, 2.24) is 0 Å². The highest BCUT2D eigenvalue weighted by Gasteiger charge is 2.36. The van der Waals surface area contributed by atoms with Crippen LogP contribution < -0.4 is 0 Å². The Kier molecular flexibility index (Phi) is 72.4. The molecule has 3 fully saturated rings. The van der Waals surface area contributed by atoms with Crippen LogP contribution in [0.3, 0.4) is 0 Å². The molecule has 0 amide bonds. The fraction of sp³-hybridized carbons (Fsp3) is 0.793. The second-order valence-corrected chi connectivity index (χ2v) is 32.2. The third kappa shape index (κ3) is 90.2. The van der Waals surface area contributed by atoms with Crippen LogP contribution in [-0.2, 0) is 0 Å². The zero-order valence-corrected chi connectivity index (χ0v) is 68.0. The number of aryl methyl sites for hydroxylation is 6. The highest BCUT2D eigenvalue weighted by molar-refractivity contribution is 5.27. The lowest BCUT2D eigenvalue weighted by molar-refractivity contribution is 0.0754. The van der Waals surface area contributed by atoms with Gasteiger partial charge in [-0.2, -0.15) is 0 Å². The zero-order chi connectivity index (χ0) is 70.1. The van der Waals surface area contributed by atoms with Gasteiger partial charge in [0.15, 0.2) is 0 Å². The van der Waals surface area contributed by atoms with Crippen LogP contribution in [0.2, 0.25) is 0 Å². The zero-order valence-electron chi connectivity index (χ0n) is 68.0. The maximum atomic E-state index is 2.41. The van der Waals surface area contributed by atoms with Gasteiger partial charge < -0.3 is 0 Å². The molecule has 3 aliphatic rings. The van der Waals surface area contributed by atoms with Gasteiger partial charge in [0, 0.05) is 0 Å². The molecule has 0 unspecified atom stereocenters. The standard InChI is InChI=1S/C11H22.C9H12.C9H18.C8H10.C7H8.C7H16.C6H12.2C6H14.C5H12.2C4H10.C3H8.C2H6/c1-9-6-10(2,3)8-11(4,5)7-9;1-7-4-8(2)6-9(3)5-7;1-8-4-6-9(2,3)7-5-8;1-7-3-5-8(2)6-4-7;1-7-5-3-2-4-6-7;1-5-7(3,4)6-2;1-6-4-2-3-5-6;1-5-6(2,3)4;1-4-6(3)5-2;1-4-5(2)3;1-4(2)3;1-3-4-2;1-3-2;1-2/h9H,6-8H2,1-5H3;4-6H,1-3H3;8H,4-7H2,1-3H3;3-6H,1-2H3;2-6H,1H3;5-6H2,1-4H3;6H,2-5H2,1H3;5H2,1-4H3;6H,4-5H2,1-3H3;5H,4H2,1-3H3;4H,1-3H3;3-4H2,1-2H3;3H2,1-2H3;1-2H3. The van der Waals surface area contributed by atoms with E-state index in [9.17, 15) is 0 Å². The number of unbranched alkanes of at least 4 members (excludes halogenated alkanes) is 1. The molecule has 0 aliphatic heterocycles. The molecule has 0 spiro atoms. The van der Waals surface area contributed by atoms with Crippen molar-refractivity contribution in [3.8, 4) is 0 Å². The van der Waals surface area contributed by atoms with E-state index < -0.39 is 0 Å². The highest BCUT2D eigenvalue weighted by Crippen LogP contribution is 2.48. The summed E-state index contributed by atoms with van der Waals surface area (Å²) in [6.45, 7) is 84.7. The van der Waals surface area contributed by atoms with Crippen LogP contribution in [0, 0.1) is 104 Å². The molecule has 3 aliphatic carbocycles. The molecule has 0 aromatic heterocycles. The number of hydrogen-bond acceptors (Lipinski definition) is 0. The van der Waals surface area contributed by atoms with E-state index in [0.29, 0.717) is 27.1 Å². The van der Waals surface area contributed by atoms with Crippen molar-refractivity contribution < 1.29 is 0 Å². The molecule has 0 N–H and O–H groups in total. The van der Waals surface area contributed by atoms with E-state index in [1.165, 1.54) is 162 Å². The van der Waals surface area contributed by atoms with Gasteiger partial charge >= 0.3 is 0 Å². The van der Waals surface area contributed by atoms with Gasteiger partial charge in [-0.25, -0.2) is 0 Å². The Hall–Kier alpha value is -2.34. The maximum Gasteiger partial charge on any atom is -0.0347 e. The Bertz CT molecular complexity index is 1650. The summed E-state index contributed by atoms with van der Waals surface area (Å²) < 4.78 is 0. The number of benzene rings is 3. The van der Waals surface area contributed by atoms with Crippen LogP contribution in [0.25, 0.3) is 0 Å². The minimum atomic E-state index is 0.542. The van der Waals surface area contributed by atoms with Gasteiger partial charge in [-0.1, -0.05) is 424 Å². The molecule has 520 valence electrons. The molecule has 0 atom stereocenters. The molecule has 3 saturated carbocycles. The Labute approximate surface area is 557 Å². The third-order valence-electron chi connectivity index (χ3n) is 16.2.